The molecule has 6 rings (SSSR count). The summed E-state index contributed by atoms with van der Waals surface area (Å²) in [6, 6.07) is 1.92. The summed E-state index contributed by atoms with van der Waals surface area (Å²) in [6.45, 7) is 3.70. The fourth-order valence-electron chi connectivity index (χ4n) is 5.07. The third kappa shape index (κ3) is 2.97. The Kier molecular flexibility index (Phi) is 3.81. The van der Waals surface area contributed by atoms with Crippen LogP contribution in [0.15, 0.2) is 24.3 Å². The molecule has 0 unspecified atom stereocenters. The van der Waals surface area contributed by atoms with E-state index in [2.05, 4.69) is 31.6 Å². The van der Waals surface area contributed by atoms with Gasteiger partial charge in [0.1, 0.15) is 24.1 Å². The molecule has 4 aliphatic heterocycles. The summed E-state index contributed by atoms with van der Waals surface area (Å²) in [4.78, 5) is 11.2. The molecule has 1 spiro atoms. The van der Waals surface area contributed by atoms with Crippen LogP contribution < -0.4 is 15.4 Å². The van der Waals surface area contributed by atoms with Gasteiger partial charge in [0.2, 0.25) is 5.88 Å². The molecule has 6 nitrogen and oxygen atoms in total. The smallest absolute Gasteiger partial charge is 0.218 e. The van der Waals surface area contributed by atoms with Gasteiger partial charge in [0, 0.05) is 12.6 Å². The summed E-state index contributed by atoms with van der Waals surface area (Å²) >= 11 is 0. The average molecular weight is 341 g/mol. The monoisotopic (exact) mass is 341 g/mol. The zero-order chi connectivity index (χ0) is 16.7. The maximum absolute atomic E-state index is 5.99. The topological polar surface area (TPSA) is 62.3 Å². The van der Waals surface area contributed by atoms with Crippen LogP contribution in [0.1, 0.15) is 44.9 Å². The summed E-state index contributed by atoms with van der Waals surface area (Å²) in [7, 11) is 0. The lowest BCUT2D eigenvalue weighted by Gasteiger charge is -2.52. The van der Waals surface area contributed by atoms with Crippen LogP contribution in [0.2, 0.25) is 0 Å². The molecule has 2 N–H and O–H groups in total. The molecule has 1 aliphatic carbocycles. The predicted octanol–water partition coefficient (Wildman–Crippen LogP) is 2.51. The highest BCUT2D eigenvalue weighted by Crippen LogP contribution is 2.41. The number of nitrogens with one attached hydrogen (secondary N) is 2. The minimum atomic E-state index is 0.231. The van der Waals surface area contributed by atoms with E-state index in [1.54, 1.807) is 6.33 Å². The first-order valence-electron chi connectivity index (χ1n) is 9.76. The zero-order valence-corrected chi connectivity index (χ0v) is 14.7. The lowest BCUT2D eigenvalue weighted by atomic mass is 9.72. The minimum absolute atomic E-state index is 0.231. The first kappa shape index (κ1) is 15.4. The largest absolute Gasteiger partial charge is 0.474 e. The second-order valence-corrected chi connectivity index (χ2v) is 8.04. The third-order valence-electron chi connectivity index (χ3n) is 6.42. The summed E-state index contributed by atoms with van der Waals surface area (Å²) in [6.07, 6.45) is 12.7. The third-order valence-corrected chi connectivity index (χ3v) is 6.42. The van der Waals surface area contributed by atoms with Gasteiger partial charge in [0.25, 0.3) is 0 Å². The Hall–Kier alpha value is -1.82. The number of anilines is 1. The van der Waals surface area contributed by atoms with Gasteiger partial charge < -0.3 is 20.3 Å². The summed E-state index contributed by atoms with van der Waals surface area (Å²) < 4.78 is 5.99. The van der Waals surface area contributed by atoms with E-state index in [-0.39, 0.29) is 5.54 Å². The molecule has 1 atom stereocenters. The molecule has 5 heterocycles. The van der Waals surface area contributed by atoms with Crippen molar-refractivity contribution in [2.75, 3.05) is 25.0 Å². The van der Waals surface area contributed by atoms with Gasteiger partial charge in [0.15, 0.2) is 0 Å². The number of rotatable bonds is 4. The van der Waals surface area contributed by atoms with Crippen LogP contribution in [-0.2, 0) is 0 Å². The highest BCUT2D eigenvalue weighted by molar-refractivity contribution is 5.44. The van der Waals surface area contributed by atoms with Crippen LogP contribution >= 0.6 is 0 Å². The highest BCUT2D eigenvalue weighted by atomic mass is 16.5. The molecule has 2 bridgehead atoms. The van der Waals surface area contributed by atoms with Gasteiger partial charge in [-0.05, 0) is 70.0 Å². The van der Waals surface area contributed by atoms with E-state index in [9.17, 15) is 0 Å². The Morgan fingerprint density at radius 1 is 1.16 bits per heavy atom. The van der Waals surface area contributed by atoms with E-state index in [4.69, 9.17) is 4.74 Å². The molecule has 0 radical (unpaired) electrons. The Labute approximate surface area is 149 Å². The van der Waals surface area contributed by atoms with Crippen molar-refractivity contribution in [1.29, 1.82) is 0 Å². The van der Waals surface area contributed by atoms with Crippen LogP contribution in [0.25, 0.3) is 0 Å². The molecule has 3 saturated heterocycles. The molecule has 1 saturated carbocycles. The number of aromatic nitrogens is 2. The van der Waals surface area contributed by atoms with Gasteiger partial charge in [-0.2, -0.15) is 0 Å². The fourth-order valence-corrected chi connectivity index (χ4v) is 5.07. The van der Waals surface area contributed by atoms with Crippen LogP contribution in [0.3, 0.4) is 0 Å². The van der Waals surface area contributed by atoms with Gasteiger partial charge in [-0.3, -0.25) is 0 Å². The quantitative estimate of drug-likeness (QED) is 0.877. The fraction of sp³-hybridized carbons (Fsp3) is 0.684. The molecule has 5 aliphatic rings. The lowest BCUT2D eigenvalue weighted by Crippen LogP contribution is -2.64. The molecule has 1 aromatic heterocycles. The van der Waals surface area contributed by atoms with E-state index < -0.39 is 0 Å². The van der Waals surface area contributed by atoms with Crippen LogP contribution in [0, 0.1) is 5.92 Å². The Morgan fingerprint density at radius 2 is 2.00 bits per heavy atom. The Balaban J connectivity index is 1.24. The lowest BCUT2D eigenvalue weighted by molar-refractivity contribution is 0.0189. The van der Waals surface area contributed by atoms with Crippen molar-refractivity contribution in [3.8, 4) is 5.88 Å². The average Bonchev–Trinajstić information content (AvgIpc) is 3.27. The van der Waals surface area contributed by atoms with Crippen molar-refractivity contribution in [1.82, 2.24) is 20.2 Å². The second kappa shape index (κ2) is 6.16. The number of ether oxygens (including phenoxy) is 1. The van der Waals surface area contributed by atoms with Crippen LogP contribution in [-0.4, -0.2) is 46.1 Å². The van der Waals surface area contributed by atoms with Crippen molar-refractivity contribution in [3.05, 3.63) is 24.3 Å². The summed E-state index contributed by atoms with van der Waals surface area (Å²) in [5.74, 6) is 3.36. The van der Waals surface area contributed by atoms with Gasteiger partial charge in [0.05, 0.1) is 5.54 Å². The van der Waals surface area contributed by atoms with E-state index >= 15 is 0 Å². The van der Waals surface area contributed by atoms with Crippen LogP contribution in [0.4, 0.5) is 5.82 Å². The number of hydrogen-bond donors (Lipinski definition) is 2. The SMILES string of the molecule is C1=C(Nc2cc(OC3CCCC3)ncn2)N[C@@]2(C1)CN1CCC2CC1. The Morgan fingerprint density at radius 3 is 2.76 bits per heavy atom. The van der Waals surface area contributed by atoms with Crippen molar-refractivity contribution in [2.45, 2.75) is 56.6 Å². The number of piperidine rings is 3. The zero-order valence-electron chi connectivity index (χ0n) is 14.7. The maximum atomic E-state index is 5.99. The number of fused-ring (bicyclic) bond motifs is 2. The molecule has 1 aromatic rings. The molecule has 6 heteroatoms. The first-order chi connectivity index (χ1) is 12.3. The first-order valence-corrected chi connectivity index (χ1v) is 9.76. The minimum Gasteiger partial charge on any atom is -0.474 e. The number of nitrogens with zero attached hydrogens (tertiary/aromatic N) is 3. The van der Waals surface area contributed by atoms with E-state index in [0.717, 1.165) is 36.8 Å². The van der Waals surface area contributed by atoms with Crippen molar-refractivity contribution < 1.29 is 4.74 Å². The maximum Gasteiger partial charge on any atom is 0.218 e. The molecule has 25 heavy (non-hydrogen) atoms. The van der Waals surface area contributed by atoms with Crippen LogP contribution in [0.5, 0.6) is 5.88 Å². The molecular formula is C19H27N5O. The molecule has 0 aromatic carbocycles. The predicted molar refractivity (Wildman–Crippen MR) is 96.3 cm³/mol. The van der Waals surface area contributed by atoms with Gasteiger partial charge in [-0.25, -0.2) is 9.97 Å². The molecule has 4 fully saturated rings. The molecule has 134 valence electrons. The standard InChI is InChI=1S/C19H27N5O/c1-2-4-15(3-1)25-18-11-17(20-13-21-18)22-16-5-8-19(23-16)12-24-9-6-14(19)7-10-24/h5,11,13-15,23H,1-4,6-10,12H2,(H,20,21,22)/t19-/m0/s1. The second-order valence-electron chi connectivity index (χ2n) is 8.04. The summed E-state index contributed by atoms with van der Waals surface area (Å²) in [5.41, 5.74) is 0.231. The normalized spacial score (nSPS) is 34.2. The highest BCUT2D eigenvalue weighted by Gasteiger charge is 2.48. The van der Waals surface area contributed by atoms with E-state index in [0.29, 0.717) is 12.0 Å². The van der Waals surface area contributed by atoms with Crippen molar-refractivity contribution in [2.24, 2.45) is 5.92 Å². The molecule has 0 amide bonds. The molecular weight excluding hydrogens is 314 g/mol. The van der Waals surface area contributed by atoms with E-state index in [1.165, 1.54) is 45.3 Å². The Bertz CT molecular complexity index is 664. The number of hydrogen-bond acceptors (Lipinski definition) is 6. The van der Waals surface area contributed by atoms with Gasteiger partial charge in [-0.15, -0.1) is 0 Å². The van der Waals surface area contributed by atoms with Crippen molar-refractivity contribution in [3.63, 3.8) is 0 Å². The summed E-state index contributed by atoms with van der Waals surface area (Å²) in [5, 5.41) is 7.22. The van der Waals surface area contributed by atoms with Gasteiger partial charge >= 0.3 is 0 Å². The van der Waals surface area contributed by atoms with Gasteiger partial charge in [-0.1, -0.05) is 0 Å². The van der Waals surface area contributed by atoms with E-state index in [1.807, 2.05) is 6.07 Å². The van der Waals surface area contributed by atoms with Crippen molar-refractivity contribution >= 4 is 5.82 Å².